The summed E-state index contributed by atoms with van der Waals surface area (Å²) in [5.41, 5.74) is 3.09. The number of carbonyl (C=O) groups is 1. The van der Waals surface area contributed by atoms with Crippen LogP contribution >= 0.6 is 0 Å². The molecule has 0 aromatic heterocycles. The van der Waals surface area contributed by atoms with E-state index in [0.717, 1.165) is 27.5 Å². The minimum atomic E-state index is -0.920. The molecule has 0 saturated heterocycles. The van der Waals surface area contributed by atoms with Gasteiger partial charge in [0.15, 0.2) is 0 Å². The Bertz CT molecular complexity index is 853. The van der Waals surface area contributed by atoms with E-state index in [1.807, 2.05) is 73.7 Å². The summed E-state index contributed by atoms with van der Waals surface area (Å²) in [5, 5.41) is 11.6. The van der Waals surface area contributed by atoms with E-state index in [2.05, 4.69) is 0 Å². The number of aliphatic carboxylic acids is 1. The lowest BCUT2D eigenvalue weighted by molar-refractivity contribution is -0.130. The van der Waals surface area contributed by atoms with Gasteiger partial charge in [-0.2, -0.15) is 0 Å². The molecule has 0 spiro atoms. The molecule has 0 saturated carbocycles. The van der Waals surface area contributed by atoms with E-state index in [0.29, 0.717) is 5.57 Å². The first-order valence-electron chi connectivity index (χ1n) is 7.15. The van der Waals surface area contributed by atoms with Gasteiger partial charge in [-0.1, -0.05) is 72.3 Å². The SMILES string of the molecule is Cc1ccc(/C=C(\C(=O)O)c2cccc3ccccc23)cc1. The molecule has 0 unspecified atom stereocenters. The molecule has 0 amide bonds. The Kier molecular flexibility index (Phi) is 3.75. The molecule has 1 N–H and O–H groups in total. The van der Waals surface area contributed by atoms with Gasteiger partial charge < -0.3 is 5.11 Å². The molecule has 2 nitrogen and oxygen atoms in total. The Hall–Kier alpha value is -2.87. The summed E-state index contributed by atoms with van der Waals surface area (Å²) in [6, 6.07) is 21.4. The first-order chi connectivity index (χ1) is 10.6. The predicted molar refractivity (Wildman–Crippen MR) is 90.6 cm³/mol. The highest BCUT2D eigenvalue weighted by Gasteiger charge is 2.13. The Balaban J connectivity index is 2.19. The van der Waals surface area contributed by atoms with Crippen molar-refractivity contribution in [3.05, 3.63) is 83.4 Å². The van der Waals surface area contributed by atoms with E-state index in [1.165, 1.54) is 0 Å². The molecule has 0 fully saturated rings. The van der Waals surface area contributed by atoms with Gasteiger partial charge in [0.05, 0.1) is 5.57 Å². The number of fused-ring (bicyclic) bond motifs is 1. The topological polar surface area (TPSA) is 37.3 Å². The second-order valence-electron chi connectivity index (χ2n) is 5.30. The molecule has 2 heteroatoms. The molecule has 0 atom stereocenters. The molecule has 3 aromatic carbocycles. The first-order valence-corrected chi connectivity index (χ1v) is 7.15. The van der Waals surface area contributed by atoms with Gasteiger partial charge in [0.2, 0.25) is 0 Å². The number of aryl methyl sites for hydroxylation is 1. The Morgan fingerprint density at radius 3 is 2.32 bits per heavy atom. The maximum Gasteiger partial charge on any atom is 0.336 e. The van der Waals surface area contributed by atoms with Crippen molar-refractivity contribution in [3.63, 3.8) is 0 Å². The molecule has 0 aliphatic carbocycles. The van der Waals surface area contributed by atoms with Crippen LogP contribution in [-0.4, -0.2) is 11.1 Å². The monoisotopic (exact) mass is 288 g/mol. The molecule has 0 radical (unpaired) electrons. The molecule has 22 heavy (non-hydrogen) atoms. The lowest BCUT2D eigenvalue weighted by Crippen LogP contribution is -2.00. The molecule has 108 valence electrons. The number of hydrogen-bond acceptors (Lipinski definition) is 1. The molecule has 0 aliphatic rings. The normalized spacial score (nSPS) is 11.6. The zero-order chi connectivity index (χ0) is 15.5. The van der Waals surface area contributed by atoms with E-state index in [1.54, 1.807) is 6.08 Å². The fraction of sp³-hybridized carbons (Fsp3) is 0.0500. The number of benzene rings is 3. The van der Waals surface area contributed by atoms with E-state index in [9.17, 15) is 9.90 Å². The van der Waals surface area contributed by atoms with E-state index in [-0.39, 0.29) is 0 Å². The van der Waals surface area contributed by atoms with Gasteiger partial charge in [0.1, 0.15) is 0 Å². The molecule has 3 rings (SSSR count). The summed E-state index contributed by atoms with van der Waals surface area (Å²) < 4.78 is 0. The maximum absolute atomic E-state index is 11.7. The van der Waals surface area contributed by atoms with Gasteiger partial charge in [0, 0.05) is 0 Å². The van der Waals surface area contributed by atoms with Crippen LogP contribution in [0.1, 0.15) is 16.7 Å². The van der Waals surface area contributed by atoms with Gasteiger partial charge in [0.25, 0.3) is 0 Å². The largest absolute Gasteiger partial charge is 0.478 e. The predicted octanol–water partition coefficient (Wildman–Crippen LogP) is 4.77. The summed E-state index contributed by atoms with van der Waals surface area (Å²) in [5.74, 6) is -0.920. The third kappa shape index (κ3) is 2.77. The lowest BCUT2D eigenvalue weighted by Gasteiger charge is -2.08. The van der Waals surface area contributed by atoms with Gasteiger partial charge in [-0.05, 0) is 34.9 Å². The average Bonchev–Trinajstić information content (AvgIpc) is 2.54. The van der Waals surface area contributed by atoms with Crippen molar-refractivity contribution in [1.29, 1.82) is 0 Å². The number of carboxylic acids is 1. The van der Waals surface area contributed by atoms with E-state index >= 15 is 0 Å². The highest BCUT2D eigenvalue weighted by Crippen LogP contribution is 2.27. The molecular weight excluding hydrogens is 272 g/mol. The summed E-state index contributed by atoms with van der Waals surface area (Å²) in [6.07, 6.45) is 1.73. The van der Waals surface area contributed by atoms with Crippen LogP contribution in [0, 0.1) is 6.92 Å². The number of rotatable bonds is 3. The zero-order valence-corrected chi connectivity index (χ0v) is 12.3. The minimum absolute atomic E-state index is 0.306. The van der Waals surface area contributed by atoms with Crippen molar-refractivity contribution in [2.75, 3.05) is 0 Å². The summed E-state index contributed by atoms with van der Waals surface area (Å²) >= 11 is 0. The van der Waals surface area contributed by atoms with Crippen molar-refractivity contribution in [2.45, 2.75) is 6.92 Å². The minimum Gasteiger partial charge on any atom is -0.478 e. The van der Waals surface area contributed by atoms with Gasteiger partial charge in [-0.15, -0.1) is 0 Å². The highest BCUT2D eigenvalue weighted by atomic mass is 16.4. The first kappa shape index (κ1) is 14.1. The van der Waals surface area contributed by atoms with Crippen LogP contribution in [0.2, 0.25) is 0 Å². The molecular formula is C20H16O2. The van der Waals surface area contributed by atoms with Gasteiger partial charge in [-0.3, -0.25) is 0 Å². The van der Waals surface area contributed by atoms with Crippen molar-refractivity contribution < 1.29 is 9.90 Å². The van der Waals surface area contributed by atoms with Crippen LogP contribution in [0.15, 0.2) is 66.7 Å². The maximum atomic E-state index is 11.7. The third-order valence-corrected chi connectivity index (χ3v) is 3.70. The van der Waals surface area contributed by atoms with Crippen molar-refractivity contribution in [3.8, 4) is 0 Å². The fourth-order valence-corrected chi connectivity index (χ4v) is 2.54. The number of hydrogen-bond donors (Lipinski definition) is 1. The molecule has 3 aromatic rings. The number of carboxylic acid groups (broad SMARTS) is 1. The lowest BCUT2D eigenvalue weighted by atomic mass is 9.96. The van der Waals surface area contributed by atoms with E-state index < -0.39 is 5.97 Å². The Labute approximate surface area is 129 Å². The average molecular weight is 288 g/mol. The standard InChI is InChI=1S/C20H16O2/c1-14-9-11-15(12-10-14)13-19(20(21)22)18-8-4-6-16-5-2-3-7-17(16)18/h2-13H,1H3,(H,21,22)/b19-13-. The molecule has 0 heterocycles. The van der Waals surface area contributed by atoms with Crippen LogP contribution in [-0.2, 0) is 4.79 Å². The molecule has 0 bridgehead atoms. The highest BCUT2D eigenvalue weighted by molar-refractivity contribution is 6.23. The molecule has 0 aliphatic heterocycles. The smallest absolute Gasteiger partial charge is 0.336 e. The third-order valence-electron chi connectivity index (χ3n) is 3.70. The van der Waals surface area contributed by atoms with Crippen molar-refractivity contribution >= 4 is 28.4 Å². The Morgan fingerprint density at radius 2 is 1.59 bits per heavy atom. The van der Waals surface area contributed by atoms with Crippen molar-refractivity contribution in [1.82, 2.24) is 0 Å². The zero-order valence-electron chi connectivity index (χ0n) is 12.3. The van der Waals surface area contributed by atoms with Crippen LogP contribution in [0.5, 0.6) is 0 Å². The van der Waals surface area contributed by atoms with Gasteiger partial charge >= 0.3 is 5.97 Å². The van der Waals surface area contributed by atoms with Crippen LogP contribution in [0.25, 0.3) is 22.4 Å². The van der Waals surface area contributed by atoms with Crippen molar-refractivity contribution in [2.24, 2.45) is 0 Å². The van der Waals surface area contributed by atoms with Gasteiger partial charge in [-0.25, -0.2) is 4.79 Å². The fourth-order valence-electron chi connectivity index (χ4n) is 2.54. The van der Waals surface area contributed by atoms with Crippen LogP contribution in [0.4, 0.5) is 0 Å². The van der Waals surface area contributed by atoms with Crippen LogP contribution in [0.3, 0.4) is 0 Å². The van der Waals surface area contributed by atoms with Crippen LogP contribution < -0.4 is 0 Å². The second-order valence-corrected chi connectivity index (χ2v) is 5.30. The Morgan fingerprint density at radius 1 is 0.909 bits per heavy atom. The summed E-state index contributed by atoms with van der Waals surface area (Å²) in [4.78, 5) is 11.7. The summed E-state index contributed by atoms with van der Waals surface area (Å²) in [6.45, 7) is 2.01. The second kappa shape index (κ2) is 5.86. The summed E-state index contributed by atoms with van der Waals surface area (Å²) in [7, 11) is 0. The van der Waals surface area contributed by atoms with E-state index in [4.69, 9.17) is 0 Å². The quantitative estimate of drug-likeness (QED) is 0.556.